The summed E-state index contributed by atoms with van der Waals surface area (Å²) >= 11 is 2.83. The van der Waals surface area contributed by atoms with Gasteiger partial charge >= 0.3 is 18.3 Å². The number of halogens is 6. The highest BCUT2D eigenvalue weighted by atomic mass is 79.9. The van der Waals surface area contributed by atoms with Gasteiger partial charge in [-0.15, -0.1) is 0 Å². The Morgan fingerprint density at radius 2 is 1.73 bits per heavy atom. The van der Waals surface area contributed by atoms with Gasteiger partial charge in [0.05, 0.1) is 17.7 Å². The van der Waals surface area contributed by atoms with Gasteiger partial charge in [-0.25, -0.2) is 9.18 Å². The summed E-state index contributed by atoms with van der Waals surface area (Å²) in [5.41, 5.74) is -1.76. The second kappa shape index (κ2) is 9.19. The van der Waals surface area contributed by atoms with E-state index in [4.69, 9.17) is 4.74 Å². The molecule has 0 aliphatic carbocycles. The van der Waals surface area contributed by atoms with Crippen LogP contribution < -0.4 is 15.5 Å². The third-order valence-electron chi connectivity index (χ3n) is 5.38. The van der Waals surface area contributed by atoms with E-state index in [9.17, 15) is 26.7 Å². The van der Waals surface area contributed by atoms with Gasteiger partial charge < -0.3 is 9.64 Å². The summed E-state index contributed by atoms with van der Waals surface area (Å²) < 4.78 is 73.5. The highest BCUT2D eigenvalue weighted by molar-refractivity contribution is 9.11. The molecule has 0 aromatic carbocycles. The third kappa shape index (κ3) is 5.64. The predicted molar refractivity (Wildman–Crippen MR) is 116 cm³/mol. The van der Waals surface area contributed by atoms with E-state index in [2.05, 4.69) is 25.9 Å². The minimum Gasteiger partial charge on any atom is -0.444 e. The van der Waals surface area contributed by atoms with Crippen molar-refractivity contribution in [2.45, 2.75) is 64.4 Å². The number of alkyl halides is 3. The summed E-state index contributed by atoms with van der Waals surface area (Å²) in [6.45, 7) is 6.81. The molecule has 2 fully saturated rings. The summed E-state index contributed by atoms with van der Waals surface area (Å²) in [6, 6.07) is -0.615. The Bertz CT molecular complexity index is 1070. The minimum absolute atomic E-state index is 0.0524. The number of rotatable bonds is 2. The van der Waals surface area contributed by atoms with Crippen LogP contribution in [0, 0.1) is 6.08 Å². The van der Waals surface area contributed by atoms with E-state index in [0.717, 1.165) is 0 Å². The van der Waals surface area contributed by atoms with Crippen molar-refractivity contribution in [2.24, 2.45) is 0 Å². The number of piperazine rings is 1. The van der Waals surface area contributed by atoms with Crippen LogP contribution in [-0.4, -0.2) is 57.9 Å². The summed E-state index contributed by atoms with van der Waals surface area (Å²) in [7, 11) is 0. The fourth-order valence-corrected chi connectivity index (χ4v) is 4.46. The number of aromatic nitrogens is 2. The monoisotopic (exact) mass is 538 g/mol. The van der Waals surface area contributed by atoms with Crippen molar-refractivity contribution in [3.63, 3.8) is 0 Å². The normalized spacial score (nSPS) is 23.2. The number of allylic oxidation sites excluding steroid dienone is 2. The van der Waals surface area contributed by atoms with Gasteiger partial charge in [-0.2, -0.15) is 27.5 Å². The molecule has 2 aliphatic heterocycles. The Morgan fingerprint density at radius 1 is 1.15 bits per heavy atom. The lowest BCUT2D eigenvalue weighted by molar-refractivity contribution is -0.0868. The lowest BCUT2D eigenvalue weighted by Gasteiger charge is -2.41. The summed E-state index contributed by atoms with van der Waals surface area (Å²) in [6.07, 6.45) is -4.56. The quantitative estimate of drug-likeness (QED) is 0.422. The number of nitrogens with zero attached hydrogens (tertiary/aromatic N) is 4. The van der Waals surface area contributed by atoms with Crippen LogP contribution in [-0.2, 0) is 4.74 Å². The number of carbonyl (C=O) groups is 1. The molecule has 0 saturated carbocycles. The average Bonchev–Trinajstić information content (AvgIpc) is 2.93. The number of hydrogen-bond acceptors (Lipinski definition) is 5. The highest BCUT2D eigenvalue weighted by Gasteiger charge is 2.45. The minimum atomic E-state index is -4.75. The van der Waals surface area contributed by atoms with E-state index in [1.165, 1.54) is 6.92 Å². The Balaban J connectivity index is 2.06. The molecule has 2 aliphatic rings. The van der Waals surface area contributed by atoms with Gasteiger partial charge in [0.15, 0.2) is 0 Å². The van der Waals surface area contributed by atoms with Crippen molar-refractivity contribution < 1.29 is 31.5 Å². The Morgan fingerprint density at radius 3 is 2.18 bits per heavy atom. The van der Waals surface area contributed by atoms with Gasteiger partial charge in [-0.05, 0) is 46.6 Å². The first kappa shape index (κ1) is 25.4. The molecule has 182 valence electrons. The molecule has 6 nitrogen and oxygen atoms in total. The zero-order valence-corrected chi connectivity index (χ0v) is 20.1. The molecule has 0 N–H and O–H groups in total. The van der Waals surface area contributed by atoms with Crippen LogP contribution in [0.15, 0.2) is 10.1 Å². The van der Waals surface area contributed by atoms with Crippen molar-refractivity contribution >= 4 is 40.2 Å². The number of amides is 1. The van der Waals surface area contributed by atoms with E-state index >= 15 is 0 Å². The van der Waals surface area contributed by atoms with Crippen molar-refractivity contribution in [3.8, 4) is 0 Å². The number of carbonyl (C=O) groups excluding carboxylic acids is 1. The molecule has 12 heteroatoms. The Hall–Kier alpha value is -2.24. The fraction of sp³-hybridized carbons (Fsp3) is 0.571. The molecule has 1 amide bonds. The Kier molecular flexibility index (Phi) is 7.07. The lowest BCUT2D eigenvalue weighted by atomic mass is 10.1. The standard InChI is InChI=1S/C21H24BrF5N4O2/c1-11(22)15(21(25,26)27)7-14-16(8-23)28-18(24)29-17(14)30-9-12-5-6-13(10-30)31(12)19(32)33-20(2,3)4/h7-8,12-13H,5-6,9-10H2,1-4H3/b14-7+,15-11-,16-8-. The van der Waals surface area contributed by atoms with E-state index in [1.54, 1.807) is 30.6 Å². The second-order valence-electron chi connectivity index (χ2n) is 8.99. The van der Waals surface area contributed by atoms with Gasteiger partial charge in [0, 0.05) is 22.8 Å². The molecular formula is C21H24BrF5N4O2. The van der Waals surface area contributed by atoms with Gasteiger partial charge in [-0.3, -0.25) is 4.90 Å². The third-order valence-corrected chi connectivity index (χ3v) is 5.81. The largest absolute Gasteiger partial charge is 0.444 e. The molecule has 2 bridgehead atoms. The summed E-state index contributed by atoms with van der Waals surface area (Å²) in [4.78, 5) is 22.9. The molecule has 0 radical (unpaired) electrons. The zero-order chi connectivity index (χ0) is 24.7. The molecule has 2 unspecified atom stereocenters. The smallest absolute Gasteiger partial charge is 0.417 e. The van der Waals surface area contributed by atoms with Gasteiger partial charge in [0.1, 0.15) is 23.1 Å². The van der Waals surface area contributed by atoms with Crippen molar-refractivity contribution in [1.82, 2.24) is 14.9 Å². The molecule has 0 spiro atoms. The molecular weight excluding hydrogens is 515 g/mol. The van der Waals surface area contributed by atoms with Crippen LogP contribution in [0.4, 0.5) is 32.6 Å². The first-order chi connectivity index (χ1) is 15.2. The van der Waals surface area contributed by atoms with Gasteiger partial charge in [0.2, 0.25) is 0 Å². The first-order valence-electron chi connectivity index (χ1n) is 10.3. The van der Waals surface area contributed by atoms with Crippen LogP contribution >= 0.6 is 15.9 Å². The van der Waals surface area contributed by atoms with Crippen molar-refractivity contribution in [3.05, 3.63) is 26.7 Å². The SMILES string of the molecule is C\C(Br)=C(/C=c1/c(N2CC3CCC(C2)N3C(=O)OC(C)(C)C)nc(F)n/c1=C\F)C(F)(F)F. The molecule has 2 saturated heterocycles. The van der Waals surface area contributed by atoms with Crippen molar-refractivity contribution in [2.75, 3.05) is 18.0 Å². The predicted octanol–water partition coefficient (Wildman–Crippen LogP) is 3.92. The maximum atomic E-state index is 14.1. The van der Waals surface area contributed by atoms with Crippen LogP contribution in [0.2, 0.25) is 0 Å². The maximum Gasteiger partial charge on any atom is 0.417 e. The number of hydrogen-bond donors (Lipinski definition) is 0. The van der Waals surface area contributed by atoms with E-state index in [-0.39, 0.29) is 47.0 Å². The zero-order valence-electron chi connectivity index (χ0n) is 18.5. The molecule has 2 atom stereocenters. The second-order valence-corrected chi connectivity index (χ2v) is 10.2. The molecule has 1 aromatic heterocycles. The van der Waals surface area contributed by atoms with Gasteiger partial charge in [0.25, 0.3) is 0 Å². The molecule has 3 heterocycles. The maximum absolute atomic E-state index is 14.1. The average molecular weight is 539 g/mol. The van der Waals surface area contributed by atoms with Crippen molar-refractivity contribution in [1.29, 1.82) is 0 Å². The van der Waals surface area contributed by atoms with Crippen LogP contribution in [0.5, 0.6) is 0 Å². The van der Waals surface area contributed by atoms with E-state index < -0.39 is 34.9 Å². The fourth-order valence-electron chi connectivity index (χ4n) is 4.12. The lowest BCUT2D eigenvalue weighted by Crippen LogP contribution is -2.58. The van der Waals surface area contributed by atoms with Crippen LogP contribution in [0.1, 0.15) is 40.5 Å². The highest BCUT2D eigenvalue weighted by Crippen LogP contribution is 2.34. The topological polar surface area (TPSA) is 58.6 Å². The van der Waals surface area contributed by atoms with Crippen LogP contribution in [0.25, 0.3) is 12.4 Å². The van der Waals surface area contributed by atoms with Crippen LogP contribution in [0.3, 0.4) is 0 Å². The number of anilines is 1. The summed E-state index contributed by atoms with van der Waals surface area (Å²) in [5.74, 6) is -0.164. The Labute approximate surface area is 195 Å². The number of fused-ring (bicyclic) bond motifs is 2. The van der Waals surface area contributed by atoms with E-state index in [0.29, 0.717) is 18.9 Å². The molecule has 33 heavy (non-hydrogen) atoms. The van der Waals surface area contributed by atoms with Gasteiger partial charge in [-0.1, -0.05) is 15.9 Å². The number of ether oxygens (including phenoxy) is 1. The molecule has 1 aromatic rings. The molecule has 3 rings (SSSR count). The first-order valence-corrected chi connectivity index (χ1v) is 11.1. The summed E-state index contributed by atoms with van der Waals surface area (Å²) in [5, 5.41) is -0.898. The van der Waals surface area contributed by atoms with E-state index in [1.807, 2.05) is 0 Å².